The number of esters is 1. The lowest BCUT2D eigenvalue weighted by Gasteiger charge is -1.96. The van der Waals surface area contributed by atoms with Crippen LogP contribution in [-0.2, 0) is 4.74 Å². The van der Waals surface area contributed by atoms with E-state index in [9.17, 15) is 4.79 Å². The normalized spacial score (nSPS) is 10.5. The van der Waals surface area contributed by atoms with Crippen molar-refractivity contribution < 1.29 is 13.9 Å². The van der Waals surface area contributed by atoms with Gasteiger partial charge in [-0.15, -0.1) is 5.10 Å². The standard InChI is InChI=1S/C10H16N2O3S2/c1-3-14-9(13)8-11-12-10(15-8)17-7-5-6-16-4-2/h3-7H2,1-2H3. The maximum Gasteiger partial charge on any atom is 0.396 e. The van der Waals surface area contributed by atoms with Crippen molar-refractivity contribution in [2.75, 3.05) is 23.9 Å². The second-order valence-corrected chi connectivity index (χ2v) is 5.43. The highest BCUT2D eigenvalue weighted by Crippen LogP contribution is 2.18. The highest BCUT2D eigenvalue weighted by Gasteiger charge is 2.15. The van der Waals surface area contributed by atoms with Crippen LogP contribution in [0.3, 0.4) is 0 Å². The van der Waals surface area contributed by atoms with E-state index >= 15 is 0 Å². The van der Waals surface area contributed by atoms with Gasteiger partial charge in [0.2, 0.25) is 0 Å². The van der Waals surface area contributed by atoms with Crippen molar-refractivity contribution in [1.29, 1.82) is 0 Å². The van der Waals surface area contributed by atoms with Crippen molar-refractivity contribution in [3.8, 4) is 0 Å². The lowest BCUT2D eigenvalue weighted by molar-refractivity contribution is 0.0475. The summed E-state index contributed by atoms with van der Waals surface area (Å²) in [4.78, 5) is 11.2. The van der Waals surface area contributed by atoms with Crippen LogP contribution in [0, 0.1) is 0 Å². The molecule has 1 aromatic heterocycles. The minimum atomic E-state index is -0.562. The lowest BCUT2D eigenvalue weighted by atomic mass is 10.6. The van der Waals surface area contributed by atoms with Crippen molar-refractivity contribution in [3.63, 3.8) is 0 Å². The number of carbonyl (C=O) groups is 1. The Kier molecular flexibility index (Phi) is 7.11. The van der Waals surface area contributed by atoms with E-state index in [0.717, 1.165) is 23.7 Å². The number of thioether (sulfide) groups is 2. The number of aromatic nitrogens is 2. The van der Waals surface area contributed by atoms with E-state index in [1.807, 2.05) is 11.8 Å². The minimum Gasteiger partial charge on any atom is -0.459 e. The van der Waals surface area contributed by atoms with Gasteiger partial charge in [0.1, 0.15) is 0 Å². The molecule has 0 fully saturated rings. The molecule has 1 heterocycles. The van der Waals surface area contributed by atoms with Gasteiger partial charge in [0.25, 0.3) is 5.22 Å². The van der Waals surface area contributed by atoms with E-state index < -0.39 is 5.97 Å². The number of rotatable bonds is 8. The topological polar surface area (TPSA) is 65.2 Å². The molecule has 0 bridgehead atoms. The fraction of sp³-hybridized carbons (Fsp3) is 0.700. The molecular formula is C10H16N2O3S2. The van der Waals surface area contributed by atoms with Gasteiger partial charge in [0, 0.05) is 5.75 Å². The van der Waals surface area contributed by atoms with E-state index in [2.05, 4.69) is 17.1 Å². The molecule has 0 amide bonds. The summed E-state index contributed by atoms with van der Waals surface area (Å²) in [6.45, 7) is 4.18. The Morgan fingerprint density at radius 2 is 2.18 bits per heavy atom. The average molecular weight is 276 g/mol. The van der Waals surface area contributed by atoms with Gasteiger partial charge in [0.05, 0.1) is 6.61 Å². The van der Waals surface area contributed by atoms with E-state index in [1.54, 1.807) is 6.92 Å². The number of hydrogen-bond donors (Lipinski definition) is 0. The second-order valence-electron chi connectivity index (χ2n) is 2.99. The van der Waals surface area contributed by atoms with Crippen molar-refractivity contribution in [2.24, 2.45) is 0 Å². The van der Waals surface area contributed by atoms with E-state index in [0.29, 0.717) is 11.8 Å². The largest absolute Gasteiger partial charge is 0.459 e. The van der Waals surface area contributed by atoms with Crippen LogP contribution < -0.4 is 0 Å². The molecule has 96 valence electrons. The Morgan fingerprint density at radius 1 is 1.35 bits per heavy atom. The predicted molar refractivity (Wildman–Crippen MR) is 68.6 cm³/mol. The summed E-state index contributed by atoms with van der Waals surface area (Å²) in [5.41, 5.74) is 0. The van der Waals surface area contributed by atoms with Gasteiger partial charge >= 0.3 is 11.9 Å². The SMILES string of the molecule is CCOC(=O)c1nnc(SCCCSCC)o1. The quantitative estimate of drug-likeness (QED) is 0.410. The molecule has 0 aliphatic carbocycles. The maximum atomic E-state index is 11.2. The van der Waals surface area contributed by atoms with Gasteiger partial charge in [-0.05, 0) is 24.9 Å². The Bertz CT molecular complexity index is 344. The second kappa shape index (κ2) is 8.41. The van der Waals surface area contributed by atoms with E-state index in [-0.39, 0.29) is 5.89 Å². The molecule has 0 aromatic carbocycles. The molecule has 0 saturated carbocycles. The minimum absolute atomic E-state index is 0.0720. The summed E-state index contributed by atoms with van der Waals surface area (Å²) in [6, 6.07) is 0. The fourth-order valence-electron chi connectivity index (χ4n) is 1.01. The number of carbonyl (C=O) groups excluding carboxylic acids is 1. The predicted octanol–water partition coefficient (Wildman–Crippen LogP) is 2.48. The summed E-state index contributed by atoms with van der Waals surface area (Å²) in [5, 5.41) is 7.83. The molecule has 0 radical (unpaired) electrons. The third-order valence-electron chi connectivity index (χ3n) is 1.72. The molecule has 0 saturated heterocycles. The van der Waals surface area contributed by atoms with Crippen molar-refractivity contribution in [3.05, 3.63) is 5.89 Å². The smallest absolute Gasteiger partial charge is 0.396 e. The number of ether oxygens (including phenoxy) is 1. The summed E-state index contributed by atoms with van der Waals surface area (Å²) in [7, 11) is 0. The molecule has 1 rings (SSSR count). The Labute approximate surface area is 109 Å². The zero-order chi connectivity index (χ0) is 12.5. The molecule has 0 aliphatic heterocycles. The highest BCUT2D eigenvalue weighted by molar-refractivity contribution is 8.00. The summed E-state index contributed by atoms with van der Waals surface area (Å²) in [6.07, 6.45) is 1.08. The Balaban J connectivity index is 2.28. The first kappa shape index (κ1) is 14.4. The van der Waals surface area contributed by atoms with E-state index in [4.69, 9.17) is 9.15 Å². The van der Waals surface area contributed by atoms with Crippen LogP contribution in [0.25, 0.3) is 0 Å². The van der Waals surface area contributed by atoms with Crippen LogP contribution in [-0.4, -0.2) is 40.0 Å². The van der Waals surface area contributed by atoms with Crippen molar-refractivity contribution in [1.82, 2.24) is 10.2 Å². The van der Waals surface area contributed by atoms with Gasteiger partial charge in [-0.2, -0.15) is 11.8 Å². The summed E-state index contributed by atoms with van der Waals surface area (Å²) >= 11 is 3.37. The third-order valence-corrected chi connectivity index (χ3v) is 3.61. The van der Waals surface area contributed by atoms with Crippen molar-refractivity contribution in [2.45, 2.75) is 25.5 Å². The molecular weight excluding hydrogens is 260 g/mol. The number of nitrogens with zero attached hydrogens (tertiary/aromatic N) is 2. The monoisotopic (exact) mass is 276 g/mol. The Morgan fingerprint density at radius 3 is 2.88 bits per heavy atom. The zero-order valence-electron chi connectivity index (χ0n) is 9.97. The first-order valence-corrected chi connectivity index (χ1v) is 7.63. The van der Waals surface area contributed by atoms with Crippen LogP contribution in [0.5, 0.6) is 0 Å². The first-order chi connectivity index (χ1) is 8.27. The average Bonchev–Trinajstić information content (AvgIpc) is 2.78. The van der Waals surface area contributed by atoms with Crippen LogP contribution in [0.1, 0.15) is 31.0 Å². The summed E-state index contributed by atoms with van der Waals surface area (Å²) < 4.78 is 9.91. The molecule has 5 nitrogen and oxygen atoms in total. The number of hydrogen-bond acceptors (Lipinski definition) is 7. The van der Waals surface area contributed by atoms with Gasteiger partial charge in [-0.25, -0.2) is 4.79 Å². The highest BCUT2D eigenvalue weighted by atomic mass is 32.2. The van der Waals surface area contributed by atoms with Gasteiger partial charge < -0.3 is 9.15 Å². The van der Waals surface area contributed by atoms with Gasteiger partial charge in [0.15, 0.2) is 0 Å². The fourth-order valence-corrected chi connectivity index (χ4v) is 2.53. The molecule has 1 aromatic rings. The Hall–Kier alpha value is -0.690. The zero-order valence-corrected chi connectivity index (χ0v) is 11.6. The van der Waals surface area contributed by atoms with Gasteiger partial charge in [-0.1, -0.05) is 23.8 Å². The van der Waals surface area contributed by atoms with Crippen LogP contribution >= 0.6 is 23.5 Å². The third kappa shape index (κ3) is 5.45. The molecule has 17 heavy (non-hydrogen) atoms. The lowest BCUT2D eigenvalue weighted by Crippen LogP contribution is -2.04. The summed E-state index contributed by atoms with van der Waals surface area (Å²) in [5.74, 6) is 2.54. The molecule has 0 spiro atoms. The van der Waals surface area contributed by atoms with Crippen molar-refractivity contribution >= 4 is 29.5 Å². The van der Waals surface area contributed by atoms with Crippen LogP contribution in [0.15, 0.2) is 9.64 Å². The van der Waals surface area contributed by atoms with Crippen LogP contribution in [0.4, 0.5) is 0 Å². The van der Waals surface area contributed by atoms with Gasteiger partial charge in [-0.3, -0.25) is 0 Å². The van der Waals surface area contributed by atoms with E-state index in [1.165, 1.54) is 11.8 Å². The maximum absolute atomic E-state index is 11.2. The first-order valence-electron chi connectivity index (χ1n) is 5.49. The molecule has 0 aliphatic rings. The molecule has 0 unspecified atom stereocenters. The molecule has 7 heteroatoms. The van der Waals surface area contributed by atoms with Crippen LogP contribution in [0.2, 0.25) is 0 Å². The molecule has 0 N–H and O–H groups in total. The molecule has 0 atom stereocenters.